The Hall–Kier alpha value is -1.30. The van der Waals surface area contributed by atoms with E-state index in [1.54, 1.807) is 14.2 Å². The van der Waals surface area contributed by atoms with E-state index in [-0.39, 0.29) is 0 Å². The van der Waals surface area contributed by atoms with Crippen LogP contribution in [-0.4, -0.2) is 58.1 Å². The van der Waals surface area contributed by atoms with Crippen molar-refractivity contribution in [2.45, 2.75) is 31.9 Å². The molecule has 5 nitrogen and oxygen atoms in total. The molecule has 2 heterocycles. The first-order valence-corrected chi connectivity index (χ1v) is 8.91. The third kappa shape index (κ3) is 4.62. The van der Waals surface area contributed by atoms with Gasteiger partial charge in [-0.25, -0.2) is 0 Å². The standard InChI is InChI=1S/C19H29NO4/c1-21-17-6-5-16(19(10-17)22-2)12-20(11-15-7-9-23-14-15)13-18-4-3-8-24-18/h5-6,10,15,18H,3-4,7-9,11-14H2,1-2H3/t15-,18+/m0/s1. The Morgan fingerprint density at radius 1 is 1.12 bits per heavy atom. The van der Waals surface area contributed by atoms with Gasteiger partial charge in [-0.15, -0.1) is 0 Å². The van der Waals surface area contributed by atoms with E-state index in [0.29, 0.717) is 12.0 Å². The topological polar surface area (TPSA) is 40.2 Å². The van der Waals surface area contributed by atoms with Crippen LogP contribution in [0.3, 0.4) is 0 Å². The molecule has 2 aliphatic heterocycles. The molecule has 24 heavy (non-hydrogen) atoms. The van der Waals surface area contributed by atoms with Crippen LogP contribution in [-0.2, 0) is 16.0 Å². The van der Waals surface area contributed by atoms with Crippen molar-refractivity contribution in [1.29, 1.82) is 0 Å². The van der Waals surface area contributed by atoms with Crippen molar-refractivity contribution in [3.8, 4) is 11.5 Å². The van der Waals surface area contributed by atoms with Crippen molar-refractivity contribution < 1.29 is 18.9 Å². The first kappa shape index (κ1) is 17.5. The second kappa shape index (κ2) is 8.70. The van der Waals surface area contributed by atoms with Crippen molar-refractivity contribution in [2.75, 3.05) is 47.1 Å². The number of ether oxygens (including phenoxy) is 4. The van der Waals surface area contributed by atoms with E-state index in [1.807, 2.05) is 12.1 Å². The van der Waals surface area contributed by atoms with Gasteiger partial charge >= 0.3 is 0 Å². The molecule has 0 spiro atoms. The number of hydrogen-bond donors (Lipinski definition) is 0. The molecule has 1 aromatic carbocycles. The molecule has 2 saturated heterocycles. The third-order valence-corrected chi connectivity index (χ3v) is 4.91. The largest absolute Gasteiger partial charge is 0.497 e. The van der Waals surface area contributed by atoms with Crippen molar-refractivity contribution in [2.24, 2.45) is 5.92 Å². The monoisotopic (exact) mass is 335 g/mol. The van der Waals surface area contributed by atoms with E-state index in [1.165, 1.54) is 12.0 Å². The number of nitrogens with zero attached hydrogens (tertiary/aromatic N) is 1. The fourth-order valence-corrected chi connectivity index (χ4v) is 3.60. The van der Waals surface area contributed by atoms with Crippen LogP contribution in [0, 0.1) is 5.92 Å². The zero-order valence-electron chi connectivity index (χ0n) is 14.8. The molecule has 0 amide bonds. The van der Waals surface area contributed by atoms with E-state index in [0.717, 1.165) is 63.8 Å². The van der Waals surface area contributed by atoms with Gasteiger partial charge in [0.05, 0.1) is 26.9 Å². The quantitative estimate of drug-likeness (QED) is 0.730. The normalized spacial score (nSPS) is 23.8. The molecule has 0 aromatic heterocycles. The van der Waals surface area contributed by atoms with Crippen LogP contribution >= 0.6 is 0 Å². The maximum Gasteiger partial charge on any atom is 0.127 e. The second-order valence-electron chi connectivity index (χ2n) is 6.74. The average Bonchev–Trinajstić information content (AvgIpc) is 3.29. The van der Waals surface area contributed by atoms with Gasteiger partial charge in [-0.3, -0.25) is 4.90 Å². The predicted octanol–water partition coefficient (Wildman–Crippen LogP) is 2.72. The van der Waals surface area contributed by atoms with Gasteiger partial charge in [0.2, 0.25) is 0 Å². The maximum atomic E-state index is 5.85. The van der Waals surface area contributed by atoms with Crippen LogP contribution in [0.2, 0.25) is 0 Å². The zero-order valence-corrected chi connectivity index (χ0v) is 14.8. The molecule has 0 unspecified atom stereocenters. The number of benzene rings is 1. The van der Waals surface area contributed by atoms with E-state index >= 15 is 0 Å². The summed E-state index contributed by atoms with van der Waals surface area (Å²) in [7, 11) is 3.39. The van der Waals surface area contributed by atoms with Crippen LogP contribution in [0.15, 0.2) is 18.2 Å². The highest BCUT2D eigenvalue weighted by molar-refractivity contribution is 5.40. The summed E-state index contributed by atoms with van der Waals surface area (Å²) in [6.45, 7) is 5.56. The molecule has 2 fully saturated rings. The molecule has 2 atom stereocenters. The van der Waals surface area contributed by atoms with Gasteiger partial charge in [0, 0.05) is 44.5 Å². The highest BCUT2D eigenvalue weighted by atomic mass is 16.5. The van der Waals surface area contributed by atoms with Gasteiger partial charge in [0.15, 0.2) is 0 Å². The van der Waals surface area contributed by atoms with Gasteiger partial charge < -0.3 is 18.9 Å². The molecular formula is C19H29NO4. The van der Waals surface area contributed by atoms with Gasteiger partial charge in [0.25, 0.3) is 0 Å². The minimum atomic E-state index is 0.358. The average molecular weight is 335 g/mol. The Balaban J connectivity index is 1.69. The molecule has 5 heteroatoms. The molecule has 134 valence electrons. The molecule has 1 aromatic rings. The number of rotatable bonds is 8. The first-order valence-electron chi connectivity index (χ1n) is 8.91. The summed E-state index contributed by atoms with van der Waals surface area (Å²) in [6.07, 6.45) is 3.85. The van der Waals surface area contributed by atoms with Crippen molar-refractivity contribution in [3.63, 3.8) is 0 Å². The summed E-state index contributed by atoms with van der Waals surface area (Å²) < 4.78 is 22.3. The summed E-state index contributed by atoms with van der Waals surface area (Å²) in [6, 6.07) is 6.06. The lowest BCUT2D eigenvalue weighted by Gasteiger charge is -2.28. The smallest absolute Gasteiger partial charge is 0.127 e. The van der Waals surface area contributed by atoms with Gasteiger partial charge in [-0.05, 0) is 31.2 Å². The second-order valence-corrected chi connectivity index (χ2v) is 6.74. The summed E-state index contributed by atoms with van der Waals surface area (Å²) in [4.78, 5) is 2.50. The third-order valence-electron chi connectivity index (χ3n) is 4.91. The van der Waals surface area contributed by atoms with Crippen LogP contribution in [0.25, 0.3) is 0 Å². The fraction of sp³-hybridized carbons (Fsp3) is 0.684. The Morgan fingerprint density at radius 2 is 2.04 bits per heavy atom. The minimum Gasteiger partial charge on any atom is -0.497 e. The summed E-state index contributed by atoms with van der Waals surface area (Å²) in [5.74, 6) is 2.33. The minimum absolute atomic E-state index is 0.358. The molecule has 0 N–H and O–H groups in total. The molecule has 0 aliphatic carbocycles. The highest BCUT2D eigenvalue weighted by Gasteiger charge is 2.24. The molecule has 0 radical (unpaired) electrons. The highest BCUT2D eigenvalue weighted by Crippen LogP contribution is 2.27. The van der Waals surface area contributed by atoms with Crippen molar-refractivity contribution in [1.82, 2.24) is 4.90 Å². The SMILES string of the molecule is COc1ccc(CN(C[C@@H]2CCOC2)C[C@H]2CCCO2)c(OC)c1. The summed E-state index contributed by atoms with van der Waals surface area (Å²) in [5, 5.41) is 0. The Bertz CT molecular complexity index is 492. The molecule has 3 rings (SSSR count). The predicted molar refractivity (Wildman–Crippen MR) is 92.7 cm³/mol. The number of methoxy groups -OCH3 is 2. The maximum absolute atomic E-state index is 5.85. The van der Waals surface area contributed by atoms with Crippen LogP contribution in [0.4, 0.5) is 0 Å². The first-order chi connectivity index (χ1) is 11.8. The van der Waals surface area contributed by atoms with Gasteiger partial charge in [0.1, 0.15) is 11.5 Å². The molecule has 0 saturated carbocycles. The van der Waals surface area contributed by atoms with E-state index < -0.39 is 0 Å². The Kier molecular flexibility index (Phi) is 6.35. The lowest BCUT2D eigenvalue weighted by molar-refractivity contribution is 0.0628. The summed E-state index contributed by atoms with van der Waals surface area (Å²) in [5.41, 5.74) is 1.19. The number of hydrogen-bond acceptors (Lipinski definition) is 5. The van der Waals surface area contributed by atoms with Crippen LogP contribution < -0.4 is 9.47 Å². The van der Waals surface area contributed by atoms with Crippen LogP contribution in [0.1, 0.15) is 24.8 Å². The fourth-order valence-electron chi connectivity index (χ4n) is 3.60. The molecule has 2 aliphatic rings. The lowest BCUT2D eigenvalue weighted by Crippen LogP contribution is -2.36. The lowest BCUT2D eigenvalue weighted by atomic mass is 10.1. The Morgan fingerprint density at radius 3 is 2.71 bits per heavy atom. The molecule has 0 bridgehead atoms. The zero-order chi connectivity index (χ0) is 16.8. The Labute approximate surface area is 144 Å². The van der Waals surface area contributed by atoms with E-state index in [9.17, 15) is 0 Å². The summed E-state index contributed by atoms with van der Waals surface area (Å²) >= 11 is 0. The van der Waals surface area contributed by atoms with E-state index in [4.69, 9.17) is 18.9 Å². The van der Waals surface area contributed by atoms with Crippen LogP contribution in [0.5, 0.6) is 11.5 Å². The van der Waals surface area contributed by atoms with Crippen molar-refractivity contribution >= 4 is 0 Å². The molecular weight excluding hydrogens is 306 g/mol. The van der Waals surface area contributed by atoms with Crippen molar-refractivity contribution in [3.05, 3.63) is 23.8 Å². The van der Waals surface area contributed by atoms with Gasteiger partial charge in [-0.2, -0.15) is 0 Å². The van der Waals surface area contributed by atoms with Gasteiger partial charge in [-0.1, -0.05) is 6.07 Å². The van der Waals surface area contributed by atoms with E-state index in [2.05, 4.69) is 11.0 Å².